The molecule has 0 heterocycles. The summed E-state index contributed by atoms with van der Waals surface area (Å²) in [5.74, 6) is -0.438. The normalized spacial score (nSPS) is 9.77. The van der Waals surface area contributed by atoms with E-state index in [1.165, 1.54) is 0 Å². The molecule has 0 aliphatic carbocycles. The molecule has 0 fully saturated rings. The fourth-order valence-electron chi connectivity index (χ4n) is 0.407. The lowest BCUT2D eigenvalue weighted by Crippen LogP contribution is -2.15. The Kier molecular flexibility index (Phi) is 10.8. The lowest BCUT2D eigenvalue weighted by Gasteiger charge is -1.96. The summed E-state index contributed by atoms with van der Waals surface area (Å²) in [6.07, 6.45) is -0.676. The van der Waals surface area contributed by atoms with Gasteiger partial charge in [-0.25, -0.2) is 0 Å². The van der Waals surface area contributed by atoms with Gasteiger partial charge in [-0.2, -0.15) is 0 Å². The first-order valence-electron chi connectivity index (χ1n) is 4.05. The van der Waals surface area contributed by atoms with E-state index in [0.29, 0.717) is 0 Å². The van der Waals surface area contributed by atoms with Crippen molar-refractivity contribution >= 4 is 5.97 Å². The van der Waals surface area contributed by atoms with Crippen molar-refractivity contribution in [2.24, 2.45) is 5.92 Å². The van der Waals surface area contributed by atoms with E-state index in [-0.39, 0.29) is 25.6 Å². The SMILES string of the molecule is CC(C)CC(=O)O.OCC(O)CO. The van der Waals surface area contributed by atoms with Crippen LogP contribution >= 0.6 is 0 Å². The fraction of sp³-hybridized carbons (Fsp3) is 0.875. The standard InChI is InChI=1S/C5H10O2.C3H8O3/c1-4(2)3-5(6)7;4-1-3(6)2-5/h4H,3H2,1-2H3,(H,6,7);3-6H,1-2H2. The quantitative estimate of drug-likeness (QED) is 0.481. The Labute approximate surface area is 77.6 Å². The number of aliphatic hydroxyl groups is 3. The van der Waals surface area contributed by atoms with Crippen molar-refractivity contribution in [1.82, 2.24) is 0 Å². The van der Waals surface area contributed by atoms with Crippen molar-refractivity contribution < 1.29 is 25.2 Å². The number of aliphatic hydroxyl groups excluding tert-OH is 3. The first-order valence-corrected chi connectivity index (χ1v) is 4.05. The molecule has 0 aromatic carbocycles. The fourth-order valence-corrected chi connectivity index (χ4v) is 0.407. The van der Waals surface area contributed by atoms with Gasteiger partial charge in [0.1, 0.15) is 6.10 Å². The van der Waals surface area contributed by atoms with E-state index < -0.39 is 12.1 Å². The van der Waals surface area contributed by atoms with E-state index in [1.807, 2.05) is 13.8 Å². The Hall–Kier alpha value is -0.650. The molecule has 0 aromatic heterocycles. The molecule has 0 spiro atoms. The second kappa shape index (κ2) is 9.44. The highest BCUT2D eigenvalue weighted by molar-refractivity contribution is 5.66. The maximum Gasteiger partial charge on any atom is 0.303 e. The van der Waals surface area contributed by atoms with Crippen molar-refractivity contribution in [2.75, 3.05) is 13.2 Å². The Morgan fingerprint density at radius 2 is 1.62 bits per heavy atom. The lowest BCUT2D eigenvalue weighted by atomic mass is 10.1. The molecule has 0 rings (SSSR count). The van der Waals surface area contributed by atoms with E-state index in [9.17, 15) is 4.79 Å². The van der Waals surface area contributed by atoms with Crippen LogP contribution in [0.1, 0.15) is 20.3 Å². The van der Waals surface area contributed by atoms with E-state index in [4.69, 9.17) is 20.4 Å². The van der Waals surface area contributed by atoms with Crippen molar-refractivity contribution in [3.8, 4) is 0 Å². The third kappa shape index (κ3) is 18.4. The minimum absolute atomic E-state index is 0.275. The summed E-state index contributed by atoms with van der Waals surface area (Å²) in [6, 6.07) is 0. The van der Waals surface area contributed by atoms with Crippen molar-refractivity contribution in [1.29, 1.82) is 0 Å². The van der Waals surface area contributed by atoms with Crippen LogP contribution in [0.15, 0.2) is 0 Å². The van der Waals surface area contributed by atoms with Gasteiger partial charge >= 0.3 is 5.97 Å². The van der Waals surface area contributed by atoms with Gasteiger partial charge < -0.3 is 20.4 Å². The average Bonchev–Trinajstić information content (AvgIpc) is 2.01. The molecule has 0 saturated heterocycles. The van der Waals surface area contributed by atoms with Gasteiger partial charge in [-0.15, -0.1) is 0 Å². The lowest BCUT2D eigenvalue weighted by molar-refractivity contribution is -0.137. The Bertz CT molecular complexity index is 120. The smallest absolute Gasteiger partial charge is 0.303 e. The monoisotopic (exact) mass is 194 g/mol. The molecule has 80 valence electrons. The van der Waals surface area contributed by atoms with Gasteiger partial charge in [-0.05, 0) is 5.92 Å². The van der Waals surface area contributed by atoms with E-state index >= 15 is 0 Å². The van der Waals surface area contributed by atoms with Gasteiger partial charge in [-0.3, -0.25) is 4.79 Å². The van der Waals surface area contributed by atoms with Crippen LogP contribution < -0.4 is 0 Å². The molecule has 0 amide bonds. The molecule has 0 saturated carbocycles. The third-order valence-electron chi connectivity index (χ3n) is 1.00. The first-order chi connectivity index (χ1) is 5.93. The molecule has 13 heavy (non-hydrogen) atoms. The maximum atomic E-state index is 9.81. The van der Waals surface area contributed by atoms with Crippen LogP contribution in [0.25, 0.3) is 0 Å². The van der Waals surface area contributed by atoms with Crippen molar-refractivity contribution in [3.63, 3.8) is 0 Å². The van der Waals surface area contributed by atoms with Gasteiger partial charge in [0.25, 0.3) is 0 Å². The number of carboxylic acids is 1. The summed E-state index contributed by atoms with van der Waals surface area (Å²) >= 11 is 0. The molecule has 0 unspecified atom stereocenters. The van der Waals surface area contributed by atoms with Gasteiger partial charge in [0, 0.05) is 6.42 Å². The molecule has 0 atom stereocenters. The molecular weight excluding hydrogens is 176 g/mol. The van der Waals surface area contributed by atoms with Crippen LogP contribution in [0.5, 0.6) is 0 Å². The molecule has 0 aliphatic rings. The maximum absolute atomic E-state index is 9.81. The molecule has 0 aromatic rings. The summed E-state index contributed by atoms with van der Waals surface area (Å²) in [7, 11) is 0. The molecule has 4 N–H and O–H groups in total. The summed E-state index contributed by atoms with van der Waals surface area (Å²) in [6.45, 7) is 3.04. The van der Waals surface area contributed by atoms with Gasteiger partial charge in [0.15, 0.2) is 0 Å². The summed E-state index contributed by atoms with van der Waals surface area (Å²) < 4.78 is 0. The number of hydrogen-bond donors (Lipinski definition) is 4. The molecule has 0 aliphatic heterocycles. The van der Waals surface area contributed by atoms with E-state index in [1.54, 1.807) is 0 Å². The van der Waals surface area contributed by atoms with Crippen LogP contribution in [-0.4, -0.2) is 45.7 Å². The van der Waals surface area contributed by atoms with Crippen LogP contribution in [0, 0.1) is 5.92 Å². The average molecular weight is 194 g/mol. The predicted octanol–water partition coefficient (Wildman–Crippen LogP) is -0.551. The molecule has 5 heteroatoms. The minimum Gasteiger partial charge on any atom is -0.481 e. The highest BCUT2D eigenvalue weighted by Gasteiger charge is 1.98. The largest absolute Gasteiger partial charge is 0.481 e. The van der Waals surface area contributed by atoms with E-state index in [0.717, 1.165) is 0 Å². The molecule has 0 bridgehead atoms. The first kappa shape index (κ1) is 14.9. The van der Waals surface area contributed by atoms with Crippen LogP contribution in [0.2, 0.25) is 0 Å². The highest BCUT2D eigenvalue weighted by atomic mass is 16.4. The molecule has 0 radical (unpaired) electrons. The highest BCUT2D eigenvalue weighted by Crippen LogP contribution is 1.96. The molecule has 5 nitrogen and oxygen atoms in total. The van der Waals surface area contributed by atoms with Crippen LogP contribution in [-0.2, 0) is 4.79 Å². The minimum atomic E-state index is -0.954. The number of rotatable bonds is 4. The van der Waals surface area contributed by atoms with E-state index in [2.05, 4.69) is 0 Å². The zero-order valence-corrected chi connectivity index (χ0v) is 7.97. The topological polar surface area (TPSA) is 98.0 Å². The van der Waals surface area contributed by atoms with Crippen LogP contribution in [0.4, 0.5) is 0 Å². The number of carbonyl (C=O) groups is 1. The van der Waals surface area contributed by atoms with Gasteiger partial charge in [0.05, 0.1) is 13.2 Å². The number of carboxylic acid groups (broad SMARTS) is 1. The zero-order chi connectivity index (χ0) is 10.9. The summed E-state index contributed by atoms with van der Waals surface area (Å²) in [4.78, 5) is 9.81. The van der Waals surface area contributed by atoms with Crippen LogP contribution in [0.3, 0.4) is 0 Å². The zero-order valence-electron chi connectivity index (χ0n) is 7.97. The Morgan fingerprint density at radius 3 is 1.62 bits per heavy atom. The summed E-state index contributed by atoms with van der Waals surface area (Å²) in [5, 5.41) is 32.1. The van der Waals surface area contributed by atoms with Crippen molar-refractivity contribution in [2.45, 2.75) is 26.4 Å². The Balaban J connectivity index is 0. The third-order valence-corrected chi connectivity index (χ3v) is 1.00. The van der Waals surface area contributed by atoms with Crippen molar-refractivity contribution in [3.05, 3.63) is 0 Å². The molecular formula is C8H18O5. The summed E-state index contributed by atoms with van der Waals surface area (Å²) in [5.41, 5.74) is 0. The number of hydrogen-bond acceptors (Lipinski definition) is 4. The predicted molar refractivity (Wildman–Crippen MR) is 47.3 cm³/mol. The number of aliphatic carboxylic acids is 1. The second-order valence-electron chi connectivity index (χ2n) is 3.01. The second-order valence-corrected chi connectivity index (χ2v) is 3.01. The van der Waals surface area contributed by atoms with Gasteiger partial charge in [0.2, 0.25) is 0 Å². The Morgan fingerprint density at radius 1 is 1.23 bits per heavy atom. The van der Waals surface area contributed by atoms with Gasteiger partial charge in [-0.1, -0.05) is 13.8 Å².